The van der Waals surface area contributed by atoms with Crippen molar-refractivity contribution in [3.8, 4) is 0 Å². The van der Waals surface area contributed by atoms with E-state index in [1.807, 2.05) is 53.2 Å². The molecule has 4 rings (SSSR count). The molecule has 2 bridgehead atoms. The van der Waals surface area contributed by atoms with Gasteiger partial charge in [0.2, 0.25) is 5.91 Å². The van der Waals surface area contributed by atoms with Crippen molar-refractivity contribution < 1.29 is 14.3 Å². The first-order chi connectivity index (χ1) is 12.6. The van der Waals surface area contributed by atoms with E-state index in [1.165, 1.54) is 0 Å². The highest BCUT2D eigenvalue weighted by Crippen LogP contribution is 2.43. The number of carbonyl (C=O) groups is 2. The van der Waals surface area contributed by atoms with Crippen molar-refractivity contribution in [1.29, 1.82) is 0 Å². The highest BCUT2D eigenvalue weighted by atomic mass is 16.5. The van der Waals surface area contributed by atoms with Crippen molar-refractivity contribution in [3.63, 3.8) is 0 Å². The SMILES string of the molecule is Cn1cc2c(n1)C[C@H]1CC[C@H]2N1C(=O)CNC(=O)OCc1ccccc1. The predicted octanol–water partition coefficient (Wildman–Crippen LogP) is 1.93. The minimum absolute atomic E-state index is 0.0454. The summed E-state index contributed by atoms with van der Waals surface area (Å²) in [6, 6.07) is 9.70. The van der Waals surface area contributed by atoms with Crippen molar-refractivity contribution >= 4 is 12.0 Å². The van der Waals surface area contributed by atoms with Crippen molar-refractivity contribution in [1.82, 2.24) is 20.0 Å². The second-order valence-electron chi connectivity index (χ2n) is 6.87. The zero-order valence-electron chi connectivity index (χ0n) is 14.7. The molecule has 2 atom stereocenters. The molecule has 1 N–H and O–H groups in total. The van der Waals surface area contributed by atoms with Gasteiger partial charge in [-0.05, 0) is 18.4 Å². The van der Waals surface area contributed by atoms with Gasteiger partial charge in [-0.2, -0.15) is 5.10 Å². The molecule has 7 heteroatoms. The van der Waals surface area contributed by atoms with Crippen LogP contribution in [-0.4, -0.2) is 39.3 Å². The number of hydrogen-bond acceptors (Lipinski definition) is 4. The van der Waals surface area contributed by atoms with Gasteiger partial charge >= 0.3 is 6.09 Å². The smallest absolute Gasteiger partial charge is 0.407 e. The second-order valence-corrected chi connectivity index (χ2v) is 6.87. The quantitative estimate of drug-likeness (QED) is 0.910. The number of aromatic nitrogens is 2. The fourth-order valence-electron chi connectivity index (χ4n) is 3.99. The number of amides is 2. The zero-order valence-corrected chi connectivity index (χ0v) is 14.7. The van der Waals surface area contributed by atoms with Crippen molar-refractivity contribution in [3.05, 3.63) is 53.3 Å². The Balaban J connectivity index is 1.32. The lowest BCUT2D eigenvalue weighted by Crippen LogP contribution is -2.46. The molecule has 0 spiro atoms. The zero-order chi connectivity index (χ0) is 18.1. The maximum absolute atomic E-state index is 12.7. The minimum Gasteiger partial charge on any atom is -0.445 e. The Labute approximate surface area is 151 Å². The molecule has 0 unspecified atom stereocenters. The number of alkyl carbamates (subject to hydrolysis) is 1. The highest BCUT2D eigenvalue weighted by molar-refractivity contribution is 5.83. The molecular formula is C19H22N4O3. The summed E-state index contributed by atoms with van der Waals surface area (Å²) in [6.07, 6.45) is 4.15. The minimum atomic E-state index is -0.575. The van der Waals surface area contributed by atoms with Crippen LogP contribution in [0.2, 0.25) is 0 Å². The molecule has 3 heterocycles. The van der Waals surface area contributed by atoms with Crippen molar-refractivity contribution in [2.75, 3.05) is 6.54 Å². The van der Waals surface area contributed by atoms with Crippen LogP contribution in [0, 0.1) is 0 Å². The average Bonchev–Trinajstić information content (AvgIpc) is 3.18. The van der Waals surface area contributed by atoms with Gasteiger partial charge in [0.15, 0.2) is 0 Å². The third-order valence-corrected chi connectivity index (χ3v) is 5.11. The molecule has 1 saturated heterocycles. The molecule has 0 radical (unpaired) electrons. The van der Waals surface area contributed by atoms with Crippen molar-refractivity contribution in [2.24, 2.45) is 7.05 Å². The molecule has 1 fully saturated rings. The Morgan fingerprint density at radius 3 is 2.88 bits per heavy atom. The lowest BCUT2D eigenvalue weighted by Gasteiger charge is -2.34. The molecule has 136 valence electrons. The molecule has 1 aromatic carbocycles. The van der Waals surface area contributed by atoms with Crippen LogP contribution in [0.25, 0.3) is 0 Å². The van der Waals surface area contributed by atoms with Gasteiger partial charge in [-0.25, -0.2) is 4.79 Å². The summed E-state index contributed by atoms with van der Waals surface area (Å²) in [5.41, 5.74) is 3.15. The van der Waals surface area contributed by atoms with Gasteiger partial charge in [0, 0.05) is 31.3 Å². The van der Waals surface area contributed by atoms with E-state index in [0.29, 0.717) is 0 Å². The summed E-state index contributed by atoms with van der Waals surface area (Å²) in [5, 5.41) is 7.08. The fraction of sp³-hybridized carbons (Fsp3) is 0.421. The maximum atomic E-state index is 12.7. The number of fused-ring (bicyclic) bond motifs is 4. The van der Waals surface area contributed by atoms with Gasteiger partial charge in [-0.3, -0.25) is 9.48 Å². The van der Waals surface area contributed by atoms with Crippen LogP contribution in [0.1, 0.15) is 35.7 Å². The van der Waals surface area contributed by atoms with Crippen LogP contribution in [0.15, 0.2) is 36.5 Å². The number of aryl methyl sites for hydroxylation is 1. The van der Waals surface area contributed by atoms with E-state index in [1.54, 1.807) is 0 Å². The molecule has 2 aliphatic rings. The third kappa shape index (κ3) is 3.16. The molecule has 0 aliphatic carbocycles. The van der Waals surface area contributed by atoms with Gasteiger partial charge in [0.25, 0.3) is 0 Å². The number of hydrogen-bond donors (Lipinski definition) is 1. The topological polar surface area (TPSA) is 76.5 Å². The summed E-state index contributed by atoms with van der Waals surface area (Å²) < 4.78 is 6.97. The molecule has 1 aromatic heterocycles. The first-order valence-electron chi connectivity index (χ1n) is 8.90. The molecular weight excluding hydrogens is 332 g/mol. The standard InChI is InChI=1S/C19H22N4O3/c1-22-11-15-16(21-22)9-14-7-8-17(15)23(14)18(24)10-20-19(25)26-12-13-5-3-2-4-6-13/h2-6,11,14,17H,7-10,12H2,1H3,(H,20,25)/t14-,17-/m1/s1. The van der Waals surface area contributed by atoms with E-state index in [2.05, 4.69) is 10.4 Å². The first kappa shape index (κ1) is 16.6. The maximum Gasteiger partial charge on any atom is 0.407 e. The molecule has 2 amide bonds. The lowest BCUT2D eigenvalue weighted by atomic mass is 10.0. The Morgan fingerprint density at radius 2 is 2.08 bits per heavy atom. The van der Waals surface area contributed by atoms with Gasteiger partial charge in [0.05, 0.1) is 11.7 Å². The van der Waals surface area contributed by atoms with Crippen LogP contribution in [0.5, 0.6) is 0 Å². The monoisotopic (exact) mass is 354 g/mol. The number of ether oxygens (including phenoxy) is 1. The largest absolute Gasteiger partial charge is 0.445 e. The summed E-state index contributed by atoms with van der Waals surface area (Å²) >= 11 is 0. The fourth-order valence-corrected chi connectivity index (χ4v) is 3.99. The van der Waals surface area contributed by atoms with Gasteiger partial charge in [-0.15, -0.1) is 0 Å². The molecule has 2 aromatic rings. The van der Waals surface area contributed by atoms with Gasteiger partial charge in [-0.1, -0.05) is 30.3 Å². The van der Waals surface area contributed by atoms with Gasteiger partial charge < -0.3 is 15.0 Å². The number of rotatable bonds is 4. The highest BCUT2D eigenvalue weighted by Gasteiger charge is 2.43. The summed E-state index contributed by atoms with van der Waals surface area (Å²) in [6.45, 7) is 0.144. The van der Waals surface area contributed by atoms with Gasteiger partial charge in [0.1, 0.15) is 13.2 Å². The summed E-state index contributed by atoms with van der Waals surface area (Å²) in [7, 11) is 1.91. The number of benzene rings is 1. The summed E-state index contributed by atoms with van der Waals surface area (Å²) in [4.78, 5) is 26.5. The van der Waals surface area contributed by atoms with E-state index >= 15 is 0 Å². The molecule has 2 aliphatic heterocycles. The Hall–Kier alpha value is -2.83. The number of nitrogens with zero attached hydrogens (tertiary/aromatic N) is 3. The first-order valence-corrected chi connectivity index (χ1v) is 8.90. The van der Waals surface area contributed by atoms with Crippen LogP contribution >= 0.6 is 0 Å². The van der Waals surface area contributed by atoms with E-state index in [-0.39, 0.29) is 31.1 Å². The van der Waals surface area contributed by atoms with Crippen LogP contribution in [0.3, 0.4) is 0 Å². The number of nitrogens with one attached hydrogen (secondary N) is 1. The van der Waals surface area contributed by atoms with E-state index in [9.17, 15) is 9.59 Å². The third-order valence-electron chi connectivity index (χ3n) is 5.11. The van der Waals surface area contributed by atoms with E-state index in [4.69, 9.17) is 4.74 Å². The predicted molar refractivity (Wildman–Crippen MR) is 94.2 cm³/mol. The Bertz CT molecular complexity index is 817. The van der Waals surface area contributed by atoms with Crippen LogP contribution in [-0.2, 0) is 29.6 Å². The average molecular weight is 354 g/mol. The van der Waals surface area contributed by atoms with E-state index < -0.39 is 6.09 Å². The number of carbonyl (C=O) groups excluding carboxylic acids is 2. The molecule has 0 saturated carbocycles. The van der Waals surface area contributed by atoms with Crippen LogP contribution < -0.4 is 5.32 Å². The Kier molecular flexibility index (Phi) is 4.36. The van der Waals surface area contributed by atoms with Crippen molar-refractivity contribution in [2.45, 2.75) is 38.0 Å². The second kappa shape index (κ2) is 6.82. The molecule has 26 heavy (non-hydrogen) atoms. The summed E-state index contributed by atoms with van der Waals surface area (Å²) in [5.74, 6) is -0.0661. The Morgan fingerprint density at radius 1 is 1.27 bits per heavy atom. The molecule has 7 nitrogen and oxygen atoms in total. The normalized spacial score (nSPS) is 20.6. The lowest BCUT2D eigenvalue weighted by molar-refractivity contribution is -0.133. The van der Waals surface area contributed by atoms with Crippen LogP contribution in [0.4, 0.5) is 4.79 Å². The van der Waals surface area contributed by atoms with E-state index in [0.717, 1.165) is 36.1 Å².